The van der Waals surface area contributed by atoms with E-state index >= 15 is 0 Å². The summed E-state index contributed by atoms with van der Waals surface area (Å²) >= 11 is 0. The predicted molar refractivity (Wildman–Crippen MR) is 119 cm³/mol. The lowest BCUT2D eigenvalue weighted by atomic mass is 10.2. The van der Waals surface area contributed by atoms with Gasteiger partial charge in [-0.2, -0.15) is 0 Å². The van der Waals surface area contributed by atoms with Gasteiger partial charge in [0.1, 0.15) is 17.7 Å². The monoisotopic (exact) mass is 422 g/mol. The van der Waals surface area contributed by atoms with Gasteiger partial charge in [0.2, 0.25) is 0 Å². The minimum Gasteiger partial charge on any atom is -0.508 e. The Labute approximate surface area is 180 Å². The lowest BCUT2D eigenvalue weighted by Gasteiger charge is -2.36. The summed E-state index contributed by atoms with van der Waals surface area (Å²) in [6, 6.07) is 12.2. The zero-order chi connectivity index (χ0) is 22.2. The number of fused-ring (bicyclic) bond motifs is 1. The number of aromatic hydroxyl groups is 1. The highest BCUT2D eigenvalue weighted by atomic mass is 16.6. The molecule has 1 aliphatic rings. The second kappa shape index (κ2) is 7.94. The van der Waals surface area contributed by atoms with Gasteiger partial charge in [-0.1, -0.05) is 0 Å². The number of carbonyl (C=O) groups excluding carboxylic acids is 1. The van der Waals surface area contributed by atoms with Crippen LogP contribution in [-0.2, 0) is 4.74 Å². The van der Waals surface area contributed by atoms with Gasteiger partial charge in [-0.25, -0.2) is 9.78 Å². The van der Waals surface area contributed by atoms with E-state index in [-0.39, 0.29) is 17.4 Å². The number of phenols is 1. The molecule has 3 aromatic rings. The highest BCUT2D eigenvalue weighted by Crippen LogP contribution is 2.21. The van der Waals surface area contributed by atoms with Gasteiger partial charge in [-0.05, 0) is 63.2 Å². The molecule has 0 unspecified atom stereocenters. The van der Waals surface area contributed by atoms with Crippen LogP contribution in [0.1, 0.15) is 20.8 Å². The number of nitrogens with zero attached hydrogens (tertiary/aromatic N) is 4. The smallest absolute Gasteiger partial charge is 0.410 e. The van der Waals surface area contributed by atoms with Gasteiger partial charge in [0.25, 0.3) is 5.56 Å². The number of benzene rings is 2. The Kier molecular flexibility index (Phi) is 5.31. The number of anilines is 1. The summed E-state index contributed by atoms with van der Waals surface area (Å²) in [5, 5.41) is 10.1. The lowest BCUT2D eigenvalue weighted by Crippen LogP contribution is -2.50. The number of hydrogen-bond acceptors (Lipinski definition) is 6. The number of ether oxygens (including phenoxy) is 1. The summed E-state index contributed by atoms with van der Waals surface area (Å²) in [5.41, 5.74) is 1.52. The lowest BCUT2D eigenvalue weighted by molar-refractivity contribution is 0.0240. The Balaban J connectivity index is 1.47. The first kappa shape index (κ1) is 20.7. The Morgan fingerprint density at radius 1 is 1.00 bits per heavy atom. The molecule has 1 amide bonds. The van der Waals surface area contributed by atoms with Crippen molar-refractivity contribution in [2.45, 2.75) is 26.4 Å². The van der Waals surface area contributed by atoms with E-state index in [0.29, 0.717) is 42.8 Å². The zero-order valence-corrected chi connectivity index (χ0v) is 17.9. The van der Waals surface area contributed by atoms with Crippen molar-refractivity contribution in [2.75, 3.05) is 31.1 Å². The summed E-state index contributed by atoms with van der Waals surface area (Å²) in [6.45, 7) is 8.18. The van der Waals surface area contributed by atoms with Crippen molar-refractivity contribution < 1.29 is 14.6 Å². The molecule has 0 radical (unpaired) electrons. The molecule has 8 heteroatoms. The van der Waals surface area contributed by atoms with Crippen LogP contribution in [0, 0.1) is 0 Å². The molecule has 2 heterocycles. The maximum atomic E-state index is 12.8. The molecule has 0 saturated carbocycles. The van der Waals surface area contributed by atoms with Crippen LogP contribution >= 0.6 is 0 Å². The maximum Gasteiger partial charge on any atom is 0.410 e. The Morgan fingerprint density at radius 3 is 2.29 bits per heavy atom. The Hall–Kier alpha value is -3.55. The van der Waals surface area contributed by atoms with Crippen LogP contribution in [0.2, 0.25) is 0 Å². The molecule has 0 spiro atoms. The van der Waals surface area contributed by atoms with Gasteiger partial charge in [0.15, 0.2) is 0 Å². The van der Waals surface area contributed by atoms with Crippen LogP contribution < -0.4 is 10.5 Å². The van der Waals surface area contributed by atoms with E-state index < -0.39 is 5.60 Å². The van der Waals surface area contributed by atoms with E-state index in [0.717, 1.165) is 5.69 Å². The molecule has 162 valence electrons. The van der Waals surface area contributed by atoms with Gasteiger partial charge in [-0.15, -0.1) is 0 Å². The van der Waals surface area contributed by atoms with Crippen LogP contribution in [0.5, 0.6) is 5.75 Å². The van der Waals surface area contributed by atoms with Crippen LogP contribution in [0.25, 0.3) is 16.6 Å². The number of hydrogen-bond donors (Lipinski definition) is 1. The molecule has 1 fully saturated rings. The van der Waals surface area contributed by atoms with Crippen molar-refractivity contribution in [1.82, 2.24) is 14.5 Å². The van der Waals surface area contributed by atoms with Gasteiger partial charge >= 0.3 is 6.09 Å². The topological polar surface area (TPSA) is 87.9 Å². The van der Waals surface area contributed by atoms with E-state index in [1.54, 1.807) is 11.0 Å². The molecule has 31 heavy (non-hydrogen) atoms. The summed E-state index contributed by atoms with van der Waals surface area (Å²) in [5.74, 6) is 0.0324. The molecule has 4 rings (SSSR count). The molecular weight excluding hydrogens is 396 g/mol. The summed E-state index contributed by atoms with van der Waals surface area (Å²) in [7, 11) is 0. The largest absolute Gasteiger partial charge is 0.508 e. The third kappa shape index (κ3) is 4.47. The molecular formula is C23H26N4O4. The van der Waals surface area contributed by atoms with E-state index in [1.807, 2.05) is 45.0 Å². The fourth-order valence-corrected chi connectivity index (χ4v) is 3.59. The first-order valence-electron chi connectivity index (χ1n) is 10.2. The van der Waals surface area contributed by atoms with Gasteiger partial charge < -0.3 is 19.6 Å². The summed E-state index contributed by atoms with van der Waals surface area (Å²) < 4.78 is 6.91. The second-order valence-electron chi connectivity index (χ2n) is 8.59. The van der Waals surface area contributed by atoms with Crippen LogP contribution in [0.15, 0.2) is 53.6 Å². The van der Waals surface area contributed by atoms with E-state index in [2.05, 4.69) is 9.88 Å². The third-order valence-electron chi connectivity index (χ3n) is 5.17. The van der Waals surface area contributed by atoms with E-state index in [9.17, 15) is 14.7 Å². The minimum atomic E-state index is -0.501. The molecule has 0 atom stereocenters. The Bertz CT molecular complexity index is 1160. The maximum absolute atomic E-state index is 12.8. The normalized spacial score (nSPS) is 14.7. The first-order valence-corrected chi connectivity index (χ1v) is 10.2. The van der Waals surface area contributed by atoms with Crippen molar-refractivity contribution in [1.29, 1.82) is 0 Å². The van der Waals surface area contributed by atoms with E-state index in [1.165, 1.54) is 23.0 Å². The predicted octanol–water partition coefficient (Wildman–Crippen LogP) is 3.15. The SMILES string of the molecule is CC(C)(C)OC(=O)N1CCN(c2ccc(-n3cnc4ccc(O)cc4c3=O)cc2)CC1. The second-order valence-corrected chi connectivity index (χ2v) is 8.59. The van der Waals surface area contributed by atoms with Gasteiger partial charge in [-0.3, -0.25) is 9.36 Å². The number of rotatable bonds is 2. The minimum absolute atomic E-state index is 0.0324. The van der Waals surface area contributed by atoms with E-state index in [4.69, 9.17) is 4.74 Å². The van der Waals surface area contributed by atoms with Gasteiger partial charge in [0, 0.05) is 31.9 Å². The fraction of sp³-hybridized carbons (Fsp3) is 0.348. The average Bonchev–Trinajstić information content (AvgIpc) is 2.74. The molecule has 1 aliphatic heterocycles. The molecule has 1 aromatic heterocycles. The van der Waals surface area contributed by atoms with Crippen molar-refractivity contribution in [3.8, 4) is 11.4 Å². The molecule has 0 aliphatic carbocycles. The molecule has 1 saturated heterocycles. The molecule has 0 bridgehead atoms. The van der Waals surface area contributed by atoms with Crippen molar-refractivity contribution in [3.05, 3.63) is 59.1 Å². The highest BCUT2D eigenvalue weighted by Gasteiger charge is 2.26. The molecule has 8 nitrogen and oxygen atoms in total. The third-order valence-corrected chi connectivity index (χ3v) is 5.17. The van der Waals surface area contributed by atoms with Crippen LogP contribution in [-0.4, -0.2) is 57.4 Å². The molecule has 1 N–H and O–H groups in total. The Morgan fingerprint density at radius 2 is 1.65 bits per heavy atom. The van der Waals surface area contributed by atoms with Crippen LogP contribution in [0.3, 0.4) is 0 Å². The van der Waals surface area contributed by atoms with Gasteiger partial charge in [0.05, 0.1) is 16.6 Å². The van der Waals surface area contributed by atoms with Crippen molar-refractivity contribution in [2.24, 2.45) is 0 Å². The quantitative estimate of drug-likeness (QED) is 0.683. The fourth-order valence-electron chi connectivity index (χ4n) is 3.59. The molecule has 2 aromatic carbocycles. The highest BCUT2D eigenvalue weighted by molar-refractivity contribution is 5.79. The van der Waals surface area contributed by atoms with Crippen molar-refractivity contribution >= 4 is 22.7 Å². The zero-order valence-electron chi connectivity index (χ0n) is 17.9. The van der Waals surface area contributed by atoms with Crippen molar-refractivity contribution in [3.63, 3.8) is 0 Å². The number of phenolic OH excluding ortho intramolecular Hbond substituents is 1. The number of piperazine rings is 1. The number of carbonyl (C=O) groups is 1. The summed E-state index contributed by atoms with van der Waals surface area (Å²) in [4.78, 5) is 33.3. The standard InChI is InChI=1S/C23H26N4O4/c1-23(2,3)31-22(30)26-12-10-25(11-13-26)16-4-6-17(7-5-16)27-15-24-20-9-8-18(28)14-19(20)21(27)29/h4-9,14-15,28H,10-13H2,1-3H3. The number of aromatic nitrogens is 2. The van der Waals surface area contributed by atoms with Crippen LogP contribution in [0.4, 0.5) is 10.5 Å². The summed E-state index contributed by atoms with van der Waals surface area (Å²) in [6.07, 6.45) is 1.22. The first-order chi connectivity index (χ1) is 14.7. The average molecular weight is 422 g/mol. The number of amides is 1.